The molecule has 2 rings (SSSR count). The van der Waals surface area contributed by atoms with Gasteiger partial charge in [-0.15, -0.1) is 0 Å². The van der Waals surface area contributed by atoms with E-state index in [9.17, 15) is 0 Å². The standard InChI is InChI=1S/C13H20N2.H2O4S/c1-12-7-9-15(10-8-14-12)11-13-5-3-2-4-6-13;1-5(2,3)4/h2-6,12,14H,7-11H2,1H3;(H2,1,2,3,4)/t12-;/m1./s1. The highest BCUT2D eigenvalue weighted by Crippen LogP contribution is 2.07. The van der Waals surface area contributed by atoms with Crippen molar-refractivity contribution in [3.05, 3.63) is 35.9 Å². The number of nitrogens with zero attached hydrogens (tertiary/aromatic N) is 1. The first-order chi connectivity index (χ1) is 9.34. The smallest absolute Gasteiger partial charge is 0.313 e. The minimum absolute atomic E-state index is 0.672. The SMILES string of the molecule is C[C@@H]1CCN(Cc2ccccc2)CCN1.O=S(=O)(O)O. The molecule has 1 aliphatic rings. The third kappa shape index (κ3) is 9.00. The van der Waals surface area contributed by atoms with Crippen LogP contribution >= 0.6 is 0 Å². The molecule has 3 N–H and O–H groups in total. The fourth-order valence-electron chi connectivity index (χ4n) is 2.06. The van der Waals surface area contributed by atoms with Gasteiger partial charge in [0.05, 0.1) is 0 Å². The molecule has 1 heterocycles. The van der Waals surface area contributed by atoms with Gasteiger partial charge in [0.25, 0.3) is 0 Å². The van der Waals surface area contributed by atoms with Crippen molar-refractivity contribution in [3.63, 3.8) is 0 Å². The molecular weight excluding hydrogens is 280 g/mol. The molecule has 20 heavy (non-hydrogen) atoms. The lowest BCUT2D eigenvalue weighted by Gasteiger charge is -2.19. The average molecular weight is 302 g/mol. The van der Waals surface area contributed by atoms with E-state index in [0.29, 0.717) is 6.04 Å². The van der Waals surface area contributed by atoms with Crippen molar-refractivity contribution < 1.29 is 17.5 Å². The van der Waals surface area contributed by atoms with Crippen LogP contribution in [0, 0.1) is 0 Å². The Labute approximate surface area is 120 Å². The number of nitrogens with one attached hydrogen (secondary N) is 1. The van der Waals surface area contributed by atoms with Crippen LogP contribution in [0.15, 0.2) is 30.3 Å². The van der Waals surface area contributed by atoms with Crippen LogP contribution in [0.5, 0.6) is 0 Å². The zero-order valence-corrected chi connectivity index (χ0v) is 12.4. The number of rotatable bonds is 2. The minimum atomic E-state index is -4.67. The molecule has 0 aromatic heterocycles. The molecule has 1 atom stereocenters. The van der Waals surface area contributed by atoms with Crippen molar-refractivity contribution in [1.82, 2.24) is 10.2 Å². The molecule has 6 nitrogen and oxygen atoms in total. The van der Waals surface area contributed by atoms with Gasteiger partial charge in [-0.1, -0.05) is 30.3 Å². The largest absolute Gasteiger partial charge is 0.394 e. The van der Waals surface area contributed by atoms with E-state index in [-0.39, 0.29) is 0 Å². The first-order valence-electron chi connectivity index (χ1n) is 6.54. The summed E-state index contributed by atoms with van der Waals surface area (Å²) < 4.78 is 31.6. The van der Waals surface area contributed by atoms with Gasteiger partial charge >= 0.3 is 10.4 Å². The van der Waals surface area contributed by atoms with Crippen molar-refractivity contribution in [2.45, 2.75) is 25.9 Å². The number of hydrogen-bond acceptors (Lipinski definition) is 4. The Kier molecular flexibility index (Phi) is 7.11. The Hall–Kier alpha value is -0.990. The van der Waals surface area contributed by atoms with E-state index in [1.165, 1.54) is 25.1 Å². The summed E-state index contributed by atoms with van der Waals surface area (Å²) in [4.78, 5) is 2.53. The van der Waals surface area contributed by atoms with Gasteiger partial charge in [-0.05, 0) is 18.9 Å². The molecule has 0 bridgehead atoms. The lowest BCUT2D eigenvalue weighted by molar-refractivity contribution is 0.282. The predicted molar refractivity (Wildman–Crippen MR) is 78.0 cm³/mol. The van der Waals surface area contributed by atoms with Gasteiger partial charge in [0.15, 0.2) is 0 Å². The predicted octanol–water partition coefficient (Wildman–Crippen LogP) is 1.22. The topological polar surface area (TPSA) is 89.9 Å². The Bertz CT molecular complexity index is 470. The summed E-state index contributed by atoms with van der Waals surface area (Å²) in [6.45, 7) is 6.86. The van der Waals surface area contributed by atoms with Crippen molar-refractivity contribution >= 4 is 10.4 Å². The Morgan fingerprint density at radius 3 is 2.45 bits per heavy atom. The maximum atomic E-state index is 8.74. The molecule has 0 radical (unpaired) electrons. The van der Waals surface area contributed by atoms with E-state index >= 15 is 0 Å². The Balaban J connectivity index is 0.000000347. The molecule has 0 amide bonds. The van der Waals surface area contributed by atoms with E-state index in [2.05, 4.69) is 47.5 Å². The highest BCUT2D eigenvalue weighted by Gasteiger charge is 2.12. The van der Waals surface area contributed by atoms with Crippen LogP contribution in [0.2, 0.25) is 0 Å². The van der Waals surface area contributed by atoms with Crippen LogP contribution in [-0.2, 0) is 16.9 Å². The molecular formula is C13H22N2O4S. The summed E-state index contributed by atoms with van der Waals surface area (Å²) in [5, 5.41) is 3.52. The molecule has 1 aliphatic heterocycles. The first-order valence-corrected chi connectivity index (χ1v) is 7.94. The molecule has 0 aliphatic carbocycles. The summed E-state index contributed by atoms with van der Waals surface area (Å²) in [6, 6.07) is 11.4. The average Bonchev–Trinajstić information content (AvgIpc) is 2.54. The van der Waals surface area contributed by atoms with Gasteiger partial charge in [-0.25, -0.2) is 0 Å². The third-order valence-corrected chi connectivity index (χ3v) is 3.05. The normalized spacial score (nSPS) is 20.6. The van der Waals surface area contributed by atoms with Crippen LogP contribution in [0.3, 0.4) is 0 Å². The summed E-state index contributed by atoms with van der Waals surface area (Å²) in [5.41, 5.74) is 1.42. The van der Waals surface area contributed by atoms with Crippen LogP contribution in [0.1, 0.15) is 18.9 Å². The summed E-state index contributed by atoms with van der Waals surface area (Å²) in [5.74, 6) is 0. The summed E-state index contributed by atoms with van der Waals surface area (Å²) in [7, 11) is -4.67. The third-order valence-electron chi connectivity index (χ3n) is 3.05. The Morgan fingerprint density at radius 2 is 1.85 bits per heavy atom. The van der Waals surface area contributed by atoms with Gasteiger partial charge in [-0.2, -0.15) is 8.42 Å². The molecule has 1 saturated heterocycles. The van der Waals surface area contributed by atoms with Crippen molar-refractivity contribution in [2.75, 3.05) is 19.6 Å². The second-order valence-corrected chi connectivity index (χ2v) is 5.75. The molecule has 0 unspecified atom stereocenters. The zero-order chi connectivity index (χ0) is 15.0. The fourth-order valence-corrected chi connectivity index (χ4v) is 2.06. The highest BCUT2D eigenvalue weighted by molar-refractivity contribution is 7.79. The van der Waals surface area contributed by atoms with E-state index in [4.69, 9.17) is 17.5 Å². The molecule has 114 valence electrons. The molecule has 1 fully saturated rings. The van der Waals surface area contributed by atoms with Gasteiger partial charge in [-0.3, -0.25) is 14.0 Å². The summed E-state index contributed by atoms with van der Waals surface area (Å²) >= 11 is 0. The van der Waals surface area contributed by atoms with Crippen LogP contribution in [0.25, 0.3) is 0 Å². The van der Waals surface area contributed by atoms with E-state index in [1.54, 1.807) is 0 Å². The van der Waals surface area contributed by atoms with Gasteiger partial charge in [0, 0.05) is 32.2 Å². The second-order valence-electron chi connectivity index (χ2n) is 4.85. The van der Waals surface area contributed by atoms with Crippen molar-refractivity contribution in [3.8, 4) is 0 Å². The monoisotopic (exact) mass is 302 g/mol. The van der Waals surface area contributed by atoms with Crippen molar-refractivity contribution in [2.24, 2.45) is 0 Å². The first kappa shape index (κ1) is 17.1. The van der Waals surface area contributed by atoms with Crippen molar-refractivity contribution in [1.29, 1.82) is 0 Å². The molecule has 0 saturated carbocycles. The van der Waals surface area contributed by atoms with Gasteiger partial charge in [0.2, 0.25) is 0 Å². The fraction of sp³-hybridized carbons (Fsp3) is 0.538. The molecule has 1 aromatic rings. The Morgan fingerprint density at radius 1 is 1.25 bits per heavy atom. The molecule has 1 aromatic carbocycles. The maximum absolute atomic E-state index is 8.74. The number of hydrogen-bond donors (Lipinski definition) is 3. The highest BCUT2D eigenvalue weighted by atomic mass is 32.3. The van der Waals surface area contributed by atoms with Gasteiger partial charge in [0.1, 0.15) is 0 Å². The molecule has 0 spiro atoms. The zero-order valence-electron chi connectivity index (χ0n) is 11.6. The maximum Gasteiger partial charge on any atom is 0.394 e. The van der Waals surface area contributed by atoms with E-state index in [1.807, 2.05) is 0 Å². The lowest BCUT2D eigenvalue weighted by atomic mass is 10.2. The van der Waals surface area contributed by atoms with Gasteiger partial charge < -0.3 is 5.32 Å². The lowest BCUT2D eigenvalue weighted by Crippen LogP contribution is -2.28. The van der Waals surface area contributed by atoms with Crippen LogP contribution < -0.4 is 5.32 Å². The second kappa shape index (κ2) is 8.33. The van der Waals surface area contributed by atoms with E-state index < -0.39 is 10.4 Å². The molecule has 7 heteroatoms. The summed E-state index contributed by atoms with van der Waals surface area (Å²) in [6.07, 6.45) is 1.26. The number of benzene rings is 1. The van der Waals surface area contributed by atoms with E-state index in [0.717, 1.165) is 13.1 Å². The minimum Gasteiger partial charge on any atom is -0.313 e. The quantitative estimate of drug-likeness (QED) is 0.712. The van der Waals surface area contributed by atoms with Crippen LogP contribution in [-0.4, -0.2) is 48.1 Å². The van der Waals surface area contributed by atoms with Crippen LogP contribution in [0.4, 0.5) is 0 Å².